The third kappa shape index (κ3) is 6.09. The summed E-state index contributed by atoms with van der Waals surface area (Å²) in [6.45, 7) is 7.77. The van der Waals surface area contributed by atoms with Crippen molar-refractivity contribution in [2.24, 2.45) is 23.5 Å². The average Bonchev–Trinajstić information content (AvgIpc) is 2.69. The van der Waals surface area contributed by atoms with Crippen molar-refractivity contribution < 1.29 is 22.8 Å². The predicted octanol–water partition coefficient (Wildman–Crippen LogP) is 3.31. The van der Waals surface area contributed by atoms with Crippen molar-refractivity contribution in [2.45, 2.75) is 46.2 Å². The molecule has 2 unspecified atom stereocenters. The zero-order valence-corrected chi connectivity index (χ0v) is 17.8. The number of nitrogens with zero attached hydrogens (tertiary/aromatic N) is 3. The minimum atomic E-state index is -4.42. The van der Waals surface area contributed by atoms with E-state index >= 15 is 0 Å². The smallest absolute Gasteiger partial charge is 0.369 e. The normalized spacial score (nSPS) is 17.2. The van der Waals surface area contributed by atoms with E-state index in [0.29, 0.717) is 44.8 Å². The van der Waals surface area contributed by atoms with Crippen molar-refractivity contribution in [3.05, 3.63) is 23.9 Å². The van der Waals surface area contributed by atoms with Crippen LogP contribution in [0.3, 0.4) is 0 Å². The minimum absolute atomic E-state index is 0.0685. The molecule has 1 aliphatic rings. The SMILES string of the molecule is CCCC(C(N)=O)C(CC(C)C)C(=O)N1CCN(c2ccc(C(F)(F)F)cn2)CC1. The van der Waals surface area contributed by atoms with Gasteiger partial charge in [-0.1, -0.05) is 27.2 Å². The number of aromatic nitrogens is 1. The number of amides is 2. The molecule has 2 rings (SSSR count). The van der Waals surface area contributed by atoms with Crippen LogP contribution >= 0.6 is 0 Å². The molecule has 30 heavy (non-hydrogen) atoms. The molecular formula is C21H31F3N4O2. The summed E-state index contributed by atoms with van der Waals surface area (Å²) in [6.07, 6.45) is -1.66. The molecule has 0 radical (unpaired) electrons. The van der Waals surface area contributed by atoms with Crippen molar-refractivity contribution in [1.82, 2.24) is 9.88 Å². The summed E-state index contributed by atoms with van der Waals surface area (Å²) in [7, 11) is 0. The Balaban J connectivity index is 2.05. The third-order valence-corrected chi connectivity index (χ3v) is 5.48. The number of rotatable bonds is 8. The van der Waals surface area contributed by atoms with Gasteiger partial charge in [-0.2, -0.15) is 13.2 Å². The molecule has 1 saturated heterocycles. The summed E-state index contributed by atoms with van der Waals surface area (Å²) in [4.78, 5) is 32.7. The Bertz CT molecular complexity index is 714. The lowest BCUT2D eigenvalue weighted by molar-refractivity contribution is -0.142. The fraction of sp³-hybridized carbons (Fsp3) is 0.667. The van der Waals surface area contributed by atoms with Gasteiger partial charge in [-0.05, 0) is 30.9 Å². The molecule has 0 saturated carbocycles. The second-order valence-electron chi connectivity index (χ2n) is 8.25. The van der Waals surface area contributed by atoms with Crippen LogP contribution in [-0.2, 0) is 15.8 Å². The van der Waals surface area contributed by atoms with Crippen LogP contribution in [0, 0.1) is 17.8 Å². The van der Waals surface area contributed by atoms with E-state index < -0.39 is 29.5 Å². The van der Waals surface area contributed by atoms with E-state index in [1.807, 2.05) is 25.7 Å². The Morgan fingerprint density at radius 2 is 1.77 bits per heavy atom. The number of piperazine rings is 1. The highest BCUT2D eigenvalue weighted by atomic mass is 19.4. The second kappa shape index (κ2) is 10.1. The van der Waals surface area contributed by atoms with Gasteiger partial charge in [0.1, 0.15) is 5.82 Å². The van der Waals surface area contributed by atoms with Gasteiger partial charge in [-0.25, -0.2) is 4.98 Å². The Kier molecular flexibility index (Phi) is 8.09. The van der Waals surface area contributed by atoms with Crippen LogP contribution in [0.1, 0.15) is 45.6 Å². The van der Waals surface area contributed by atoms with Crippen LogP contribution in [0.25, 0.3) is 0 Å². The number of alkyl halides is 3. The average molecular weight is 428 g/mol. The molecule has 168 valence electrons. The molecule has 1 aromatic rings. The standard InChI is InChI=1S/C21H31F3N4O2/c1-4-5-16(19(25)29)17(12-14(2)3)20(30)28-10-8-27(9-11-28)18-7-6-15(13-26-18)21(22,23)24/h6-7,13-14,16-17H,4-5,8-12H2,1-3H3,(H2,25,29). The zero-order valence-electron chi connectivity index (χ0n) is 17.8. The van der Waals surface area contributed by atoms with Gasteiger partial charge in [0, 0.05) is 44.2 Å². The van der Waals surface area contributed by atoms with Crippen LogP contribution in [-0.4, -0.2) is 47.9 Å². The molecule has 2 atom stereocenters. The van der Waals surface area contributed by atoms with E-state index in [1.165, 1.54) is 6.07 Å². The van der Waals surface area contributed by atoms with Crippen molar-refractivity contribution in [2.75, 3.05) is 31.1 Å². The number of pyridine rings is 1. The summed E-state index contributed by atoms with van der Waals surface area (Å²) in [5.41, 5.74) is 4.81. The first-order chi connectivity index (χ1) is 14.0. The van der Waals surface area contributed by atoms with Gasteiger partial charge in [0.2, 0.25) is 11.8 Å². The number of halogens is 3. The molecule has 0 aliphatic carbocycles. The summed E-state index contributed by atoms with van der Waals surface area (Å²) in [6, 6.07) is 2.37. The van der Waals surface area contributed by atoms with E-state index in [4.69, 9.17) is 5.73 Å². The molecule has 0 spiro atoms. The number of carbonyl (C=O) groups is 2. The maximum absolute atomic E-state index is 13.2. The number of primary amides is 1. The zero-order chi connectivity index (χ0) is 22.5. The highest BCUT2D eigenvalue weighted by Gasteiger charge is 2.36. The molecular weight excluding hydrogens is 397 g/mol. The summed E-state index contributed by atoms with van der Waals surface area (Å²) in [5.74, 6) is -0.743. The topological polar surface area (TPSA) is 79.5 Å². The summed E-state index contributed by atoms with van der Waals surface area (Å²) < 4.78 is 38.1. The lowest BCUT2D eigenvalue weighted by Crippen LogP contribution is -2.52. The highest BCUT2D eigenvalue weighted by Crippen LogP contribution is 2.30. The molecule has 2 N–H and O–H groups in total. The van der Waals surface area contributed by atoms with Gasteiger partial charge in [0.25, 0.3) is 0 Å². The Morgan fingerprint density at radius 1 is 1.13 bits per heavy atom. The van der Waals surface area contributed by atoms with Crippen LogP contribution in [0.15, 0.2) is 18.3 Å². The maximum Gasteiger partial charge on any atom is 0.417 e. The molecule has 9 heteroatoms. The largest absolute Gasteiger partial charge is 0.417 e. The van der Waals surface area contributed by atoms with Crippen LogP contribution in [0.5, 0.6) is 0 Å². The Hall–Kier alpha value is -2.32. The number of hydrogen-bond acceptors (Lipinski definition) is 4. The van der Waals surface area contributed by atoms with Gasteiger partial charge < -0.3 is 15.5 Å². The molecule has 1 aliphatic heterocycles. The highest BCUT2D eigenvalue weighted by molar-refractivity contribution is 5.87. The lowest BCUT2D eigenvalue weighted by Gasteiger charge is -2.38. The summed E-state index contributed by atoms with van der Waals surface area (Å²) >= 11 is 0. The van der Waals surface area contributed by atoms with Gasteiger partial charge in [0.15, 0.2) is 0 Å². The number of anilines is 1. The number of carbonyl (C=O) groups excluding carboxylic acids is 2. The second-order valence-corrected chi connectivity index (χ2v) is 8.25. The Morgan fingerprint density at radius 3 is 2.20 bits per heavy atom. The first-order valence-electron chi connectivity index (χ1n) is 10.4. The van der Waals surface area contributed by atoms with Crippen molar-refractivity contribution in [1.29, 1.82) is 0 Å². The quantitative estimate of drug-likeness (QED) is 0.689. The van der Waals surface area contributed by atoms with E-state index in [2.05, 4.69) is 4.98 Å². The molecule has 6 nitrogen and oxygen atoms in total. The monoisotopic (exact) mass is 428 g/mol. The van der Waals surface area contributed by atoms with Gasteiger partial charge >= 0.3 is 6.18 Å². The molecule has 2 heterocycles. The molecule has 0 aromatic carbocycles. The van der Waals surface area contributed by atoms with Gasteiger partial charge in [0.05, 0.1) is 5.56 Å². The van der Waals surface area contributed by atoms with Crippen LogP contribution in [0.2, 0.25) is 0 Å². The third-order valence-electron chi connectivity index (χ3n) is 5.48. The molecule has 1 fully saturated rings. The maximum atomic E-state index is 13.2. The first kappa shape index (κ1) is 24.0. The summed E-state index contributed by atoms with van der Waals surface area (Å²) in [5, 5.41) is 0. The number of hydrogen-bond donors (Lipinski definition) is 1. The van der Waals surface area contributed by atoms with Crippen molar-refractivity contribution in [3.63, 3.8) is 0 Å². The van der Waals surface area contributed by atoms with Crippen molar-refractivity contribution >= 4 is 17.6 Å². The van der Waals surface area contributed by atoms with Gasteiger partial charge in [-0.3, -0.25) is 9.59 Å². The van der Waals surface area contributed by atoms with Crippen LogP contribution < -0.4 is 10.6 Å². The fourth-order valence-corrected chi connectivity index (χ4v) is 3.93. The molecule has 1 aromatic heterocycles. The molecule has 2 amide bonds. The minimum Gasteiger partial charge on any atom is -0.369 e. The van der Waals surface area contributed by atoms with E-state index in [9.17, 15) is 22.8 Å². The van der Waals surface area contributed by atoms with E-state index in [1.54, 1.807) is 4.90 Å². The Labute approximate surface area is 175 Å². The molecule has 0 bridgehead atoms. The first-order valence-corrected chi connectivity index (χ1v) is 10.4. The lowest BCUT2D eigenvalue weighted by atomic mass is 9.81. The van der Waals surface area contributed by atoms with Crippen LogP contribution in [0.4, 0.5) is 19.0 Å². The van der Waals surface area contributed by atoms with E-state index in [-0.39, 0.29) is 11.8 Å². The van der Waals surface area contributed by atoms with Crippen molar-refractivity contribution in [3.8, 4) is 0 Å². The van der Waals surface area contributed by atoms with E-state index in [0.717, 1.165) is 18.7 Å². The number of nitrogens with two attached hydrogens (primary N) is 1. The van der Waals surface area contributed by atoms with Gasteiger partial charge in [-0.15, -0.1) is 0 Å². The predicted molar refractivity (Wildman–Crippen MR) is 109 cm³/mol. The fourth-order valence-electron chi connectivity index (χ4n) is 3.93.